The van der Waals surface area contributed by atoms with E-state index < -0.39 is 41.3 Å². The first-order valence-corrected chi connectivity index (χ1v) is 13.2. The van der Waals surface area contributed by atoms with Crippen molar-refractivity contribution in [1.82, 2.24) is 0 Å². The summed E-state index contributed by atoms with van der Waals surface area (Å²) in [5.74, 6) is -0.217. The quantitative estimate of drug-likeness (QED) is 0.370. The van der Waals surface area contributed by atoms with Gasteiger partial charge in [0.25, 0.3) is 0 Å². The van der Waals surface area contributed by atoms with E-state index in [0.29, 0.717) is 17.1 Å². The molecule has 0 aromatic rings. The molecule has 6 nitrogen and oxygen atoms in total. The maximum Gasteiger partial charge on any atom is 0.312 e. The van der Waals surface area contributed by atoms with Crippen LogP contribution in [0, 0.1) is 39.9 Å². The minimum absolute atomic E-state index is 0.0464. The molecular weight excluding hydrogens is 432 g/mol. The predicted octanol–water partition coefficient (Wildman–Crippen LogP) is 3.13. The van der Waals surface area contributed by atoms with E-state index in [1.807, 2.05) is 32.9 Å². The van der Waals surface area contributed by atoms with Crippen LogP contribution in [-0.2, 0) is 9.53 Å². The Morgan fingerprint density at radius 2 is 1.79 bits per heavy atom. The van der Waals surface area contributed by atoms with E-state index in [1.165, 1.54) is 0 Å². The van der Waals surface area contributed by atoms with Crippen molar-refractivity contribution in [3.05, 3.63) is 23.3 Å². The average Bonchev–Trinajstić information content (AvgIpc) is 3.28. The van der Waals surface area contributed by atoms with Crippen molar-refractivity contribution in [2.45, 2.75) is 97.1 Å². The highest BCUT2D eigenvalue weighted by Gasteiger charge is 2.76. The minimum Gasteiger partial charge on any atom is -0.454 e. The molecule has 0 saturated heterocycles. The molecule has 2 bridgehead atoms. The van der Waals surface area contributed by atoms with Crippen LogP contribution in [-0.4, -0.2) is 56.9 Å². The van der Waals surface area contributed by atoms with Crippen molar-refractivity contribution in [2.24, 2.45) is 39.9 Å². The van der Waals surface area contributed by atoms with Crippen molar-refractivity contribution in [3.8, 4) is 0 Å². The number of esters is 1. The summed E-state index contributed by atoms with van der Waals surface area (Å²) in [5, 5.41) is 46.4. The van der Waals surface area contributed by atoms with E-state index in [-0.39, 0.29) is 29.1 Å². The SMILES string of the molecule is CC1=C[C@]23C(O)[C@@H](C=C(CO)[C@@H](O)[C@]2(O)[C@H]1OC(=O)C1(C)CCCCC1)[C@H]1[C@@H](C[C@H]3C)C1(C)C. The Bertz CT molecular complexity index is 929. The minimum atomic E-state index is -1.96. The third-order valence-corrected chi connectivity index (χ3v) is 10.8. The molecule has 3 fully saturated rings. The van der Waals surface area contributed by atoms with E-state index in [9.17, 15) is 25.2 Å². The van der Waals surface area contributed by atoms with Crippen molar-refractivity contribution >= 4 is 5.97 Å². The summed E-state index contributed by atoms with van der Waals surface area (Å²) in [6.07, 6.45) is 5.54. The molecule has 0 radical (unpaired) electrons. The van der Waals surface area contributed by atoms with Gasteiger partial charge in [-0.15, -0.1) is 0 Å². The highest BCUT2D eigenvalue weighted by Crippen LogP contribution is 2.72. The molecule has 3 saturated carbocycles. The number of carbonyl (C=O) groups excluding carboxylic acids is 1. The molecule has 0 amide bonds. The second-order valence-corrected chi connectivity index (χ2v) is 13.0. The molecule has 1 spiro atoms. The lowest BCUT2D eigenvalue weighted by molar-refractivity contribution is -0.228. The van der Waals surface area contributed by atoms with E-state index >= 15 is 0 Å². The Kier molecular flexibility index (Phi) is 5.50. The van der Waals surface area contributed by atoms with Gasteiger partial charge in [0.1, 0.15) is 11.7 Å². The first-order chi connectivity index (χ1) is 15.9. The Morgan fingerprint density at radius 3 is 2.41 bits per heavy atom. The molecule has 0 aromatic heterocycles. The number of fused-ring (bicyclic) bond motifs is 3. The number of aliphatic hydroxyl groups is 4. The Hall–Kier alpha value is -1.21. The Labute approximate surface area is 203 Å². The van der Waals surface area contributed by atoms with Crippen LogP contribution in [0.25, 0.3) is 0 Å². The van der Waals surface area contributed by atoms with E-state index in [2.05, 4.69) is 13.8 Å². The maximum atomic E-state index is 13.5. The van der Waals surface area contributed by atoms with Crippen LogP contribution in [0.3, 0.4) is 0 Å². The highest BCUT2D eigenvalue weighted by molar-refractivity contribution is 5.77. The fourth-order valence-electron chi connectivity index (χ4n) is 8.69. The fraction of sp³-hybridized carbons (Fsp3) is 0.821. The lowest BCUT2D eigenvalue weighted by Crippen LogP contribution is -2.67. The molecule has 190 valence electrons. The third-order valence-electron chi connectivity index (χ3n) is 10.8. The molecule has 34 heavy (non-hydrogen) atoms. The summed E-state index contributed by atoms with van der Waals surface area (Å²) in [4.78, 5) is 13.5. The second-order valence-electron chi connectivity index (χ2n) is 13.0. The normalized spacial score (nSPS) is 48.4. The van der Waals surface area contributed by atoms with Crippen LogP contribution in [0.5, 0.6) is 0 Å². The molecule has 1 unspecified atom stereocenters. The monoisotopic (exact) mass is 474 g/mol. The van der Waals surface area contributed by atoms with Crippen molar-refractivity contribution < 1.29 is 30.0 Å². The van der Waals surface area contributed by atoms with Crippen LogP contribution in [0.15, 0.2) is 23.3 Å². The lowest BCUT2D eigenvalue weighted by Gasteiger charge is -2.52. The largest absolute Gasteiger partial charge is 0.454 e. The van der Waals surface area contributed by atoms with Crippen molar-refractivity contribution in [3.63, 3.8) is 0 Å². The summed E-state index contributed by atoms with van der Waals surface area (Å²) in [6, 6.07) is 0. The van der Waals surface area contributed by atoms with Crippen LogP contribution in [0.2, 0.25) is 0 Å². The van der Waals surface area contributed by atoms with Gasteiger partial charge in [0.05, 0.1) is 23.5 Å². The van der Waals surface area contributed by atoms with Gasteiger partial charge in [-0.25, -0.2) is 0 Å². The summed E-state index contributed by atoms with van der Waals surface area (Å²) in [7, 11) is 0. The van der Waals surface area contributed by atoms with Crippen molar-refractivity contribution in [1.29, 1.82) is 0 Å². The number of hydrogen-bond acceptors (Lipinski definition) is 6. The summed E-state index contributed by atoms with van der Waals surface area (Å²) in [6.45, 7) is 9.79. The van der Waals surface area contributed by atoms with Gasteiger partial charge in [-0.3, -0.25) is 4.79 Å². The second kappa shape index (κ2) is 7.64. The van der Waals surface area contributed by atoms with Crippen LogP contribution < -0.4 is 0 Å². The number of carbonyl (C=O) groups is 1. The first kappa shape index (κ1) is 24.5. The molecule has 0 aliphatic heterocycles. The molecule has 5 aliphatic rings. The number of hydrogen-bond donors (Lipinski definition) is 4. The van der Waals surface area contributed by atoms with Crippen molar-refractivity contribution in [2.75, 3.05) is 6.61 Å². The van der Waals surface area contributed by atoms with E-state index in [1.54, 1.807) is 0 Å². The van der Waals surface area contributed by atoms with E-state index in [0.717, 1.165) is 38.5 Å². The maximum absolute atomic E-state index is 13.5. The summed E-state index contributed by atoms with van der Waals surface area (Å²) < 4.78 is 6.12. The number of rotatable bonds is 3. The van der Waals surface area contributed by atoms with Gasteiger partial charge in [-0.2, -0.15) is 0 Å². The molecule has 5 aliphatic carbocycles. The van der Waals surface area contributed by atoms with Gasteiger partial charge in [-0.1, -0.05) is 52.2 Å². The average molecular weight is 475 g/mol. The fourth-order valence-corrected chi connectivity index (χ4v) is 8.69. The molecule has 0 heterocycles. The zero-order valence-electron chi connectivity index (χ0n) is 21.3. The smallest absolute Gasteiger partial charge is 0.312 e. The molecular formula is C28H42O6. The number of aliphatic hydroxyl groups excluding tert-OH is 3. The molecule has 6 heteroatoms. The lowest BCUT2D eigenvalue weighted by atomic mass is 9.58. The van der Waals surface area contributed by atoms with Gasteiger partial charge in [0, 0.05) is 5.92 Å². The van der Waals surface area contributed by atoms with Crippen LogP contribution in [0.1, 0.15) is 73.1 Å². The molecule has 5 rings (SSSR count). The summed E-state index contributed by atoms with van der Waals surface area (Å²) in [5.41, 5.74) is -2.75. The van der Waals surface area contributed by atoms with Gasteiger partial charge in [0.15, 0.2) is 6.10 Å². The molecule has 9 atom stereocenters. The Balaban J connectivity index is 1.60. The van der Waals surface area contributed by atoms with Gasteiger partial charge >= 0.3 is 5.97 Å². The third kappa shape index (κ3) is 2.92. The topological polar surface area (TPSA) is 107 Å². The standard InChI is InChI=1S/C28H42O6/c1-15-13-27-16(2)11-19-20(25(19,3)4)18(22(27)31)12-17(14-29)21(30)28(27,33)23(15)34-24(32)26(5)9-7-6-8-10-26/h12-13,16,18-23,29-31,33H,6-11,14H2,1-5H3/t16-,18+,19-,20+,21-,22?,23+,27+,28+/m1/s1. The Morgan fingerprint density at radius 1 is 1.15 bits per heavy atom. The summed E-state index contributed by atoms with van der Waals surface area (Å²) >= 11 is 0. The zero-order chi connectivity index (χ0) is 24.8. The van der Waals surface area contributed by atoms with Gasteiger partial charge in [0.2, 0.25) is 0 Å². The predicted molar refractivity (Wildman–Crippen MR) is 127 cm³/mol. The zero-order valence-corrected chi connectivity index (χ0v) is 21.3. The molecule has 4 N–H and O–H groups in total. The van der Waals surface area contributed by atoms with Gasteiger partial charge in [-0.05, 0) is 67.4 Å². The van der Waals surface area contributed by atoms with E-state index in [4.69, 9.17) is 4.74 Å². The van der Waals surface area contributed by atoms with Crippen LogP contribution >= 0.6 is 0 Å². The first-order valence-electron chi connectivity index (χ1n) is 13.2. The van der Waals surface area contributed by atoms with Crippen LogP contribution in [0.4, 0.5) is 0 Å². The number of ether oxygens (including phenoxy) is 1. The van der Waals surface area contributed by atoms with Gasteiger partial charge < -0.3 is 25.2 Å². The highest BCUT2D eigenvalue weighted by atomic mass is 16.6. The molecule has 0 aromatic carbocycles.